The van der Waals surface area contributed by atoms with Crippen LogP contribution in [0.3, 0.4) is 0 Å². The lowest BCUT2D eigenvalue weighted by atomic mass is 9.95. The van der Waals surface area contributed by atoms with Gasteiger partial charge in [-0.3, -0.25) is 9.59 Å². The predicted octanol–water partition coefficient (Wildman–Crippen LogP) is 4.33. The van der Waals surface area contributed by atoms with Crippen LogP contribution in [0.2, 0.25) is 0 Å². The van der Waals surface area contributed by atoms with Crippen LogP contribution < -0.4 is 9.64 Å². The van der Waals surface area contributed by atoms with Gasteiger partial charge in [0.1, 0.15) is 11.6 Å². The molecule has 0 radical (unpaired) electrons. The lowest BCUT2D eigenvalue weighted by molar-refractivity contribution is -0.139. The topological polar surface area (TPSA) is 125 Å². The first kappa shape index (κ1) is 29.8. The fourth-order valence-corrected chi connectivity index (χ4v) is 4.62. The Kier molecular flexibility index (Phi) is 10.2. The van der Waals surface area contributed by atoms with E-state index in [2.05, 4.69) is 0 Å². The van der Waals surface area contributed by atoms with E-state index in [-0.39, 0.29) is 30.4 Å². The van der Waals surface area contributed by atoms with Gasteiger partial charge in [-0.25, -0.2) is 9.07 Å². The molecule has 3 N–H and O–H groups in total. The van der Waals surface area contributed by atoms with Crippen LogP contribution in [0.25, 0.3) is 5.69 Å². The third-order valence-electron chi connectivity index (χ3n) is 6.49. The molecule has 0 saturated carbocycles. The number of carbonyl (C=O) groups is 2. The normalized spacial score (nSPS) is 12.8. The van der Waals surface area contributed by atoms with Crippen molar-refractivity contribution < 1.29 is 34.0 Å². The summed E-state index contributed by atoms with van der Waals surface area (Å²) < 4.78 is 20.5. The van der Waals surface area contributed by atoms with E-state index in [1.807, 2.05) is 20.8 Å². The maximum absolute atomic E-state index is 13.9. The second-order valence-electron chi connectivity index (χ2n) is 9.68. The first-order chi connectivity index (χ1) is 18.5. The van der Waals surface area contributed by atoms with Gasteiger partial charge in [-0.1, -0.05) is 13.8 Å². The van der Waals surface area contributed by atoms with Crippen molar-refractivity contribution in [1.29, 1.82) is 0 Å². The number of carboxylic acids is 1. The van der Waals surface area contributed by atoms with Crippen LogP contribution in [0, 0.1) is 5.82 Å². The van der Waals surface area contributed by atoms with E-state index in [1.54, 1.807) is 53.1 Å². The maximum Gasteiger partial charge on any atom is 0.305 e. The predicted molar refractivity (Wildman–Crippen MR) is 145 cm³/mol. The van der Waals surface area contributed by atoms with Crippen molar-refractivity contribution in [3.63, 3.8) is 0 Å². The van der Waals surface area contributed by atoms with Crippen molar-refractivity contribution in [3.8, 4) is 11.4 Å². The van der Waals surface area contributed by atoms with E-state index >= 15 is 0 Å². The Bertz CT molecular complexity index is 1260. The number of carboxylic acid groups (broad SMARTS) is 1. The van der Waals surface area contributed by atoms with Gasteiger partial charge in [-0.05, 0) is 80.6 Å². The number of anilines is 1. The summed E-state index contributed by atoms with van der Waals surface area (Å²) in [5.41, 5.74) is 2.87. The highest BCUT2D eigenvalue weighted by Gasteiger charge is 2.29. The summed E-state index contributed by atoms with van der Waals surface area (Å²) in [5.74, 6) is -1.30. The quantitative estimate of drug-likeness (QED) is 0.294. The van der Waals surface area contributed by atoms with Crippen LogP contribution in [0.5, 0.6) is 5.75 Å². The molecule has 1 amide bonds. The highest BCUT2D eigenvalue weighted by molar-refractivity contribution is 6.06. The standard InChI is InChI=1S/C29H36FN3O6/c1-5-32(20-10-13-24(39-4)14-11-20)29(38)28-27(18(2)3)25(15-12-22(34)16-23(35)17-26(36)37)33(31-28)21-8-6-19(30)7-9-21/h6-11,13-14,18,22-23,34-35H,5,12,15-17H2,1-4H3,(H,36,37)/t22-,23-/m1/s1. The van der Waals surface area contributed by atoms with Crippen LogP contribution >= 0.6 is 0 Å². The number of nitrogens with zero attached hydrogens (tertiary/aromatic N) is 3. The molecule has 1 aromatic heterocycles. The van der Waals surface area contributed by atoms with Gasteiger partial charge in [0.2, 0.25) is 0 Å². The van der Waals surface area contributed by atoms with E-state index in [1.165, 1.54) is 12.1 Å². The average molecular weight is 542 g/mol. The zero-order valence-electron chi connectivity index (χ0n) is 22.7. The second-order valence-corrected chi connectivity index (χ2v) is 9.68. The molecule has 3 aromatic rings. The van der Waals surface area contributed by atoms with Gasteiger partial charge in [0.15, 0.2) is 5.69 Å². The maximum atomic E-state index is 13.9. The third kappa shape index (κ3) is 7.42. The SMILES string of the molecule is CCN(C(=O)c1nn(-c2ccc(F)cc2)c(CC[C@@H](O)C[C@@H](O)CC(=O)O)c1C(C)C)c1ccc(OC)cc1. The number of rotatable bonds is 13. The number of amides is 1. The number of aliphatic carboxylic acids is 1. The fraction of sp³-hybridized carbons (Fsp3) is 0.414. The molecule has 3 rings (SSSR count). The smallest absolute Gasteiger partial charge is 0.305 e. The minimum atomic E-state index is -1.18. The molecule has 2 aromatic carbocycles. The summed E-state index contributed by atoms with van der Waals surface area (Å²) in [4.78, 5) is 26.4. The summed E-state index contributed by atoms with van der Waals surface area (Å²) in [6.45, 7) is 6.15. The molecule has 0 aliphatic rings. The molecule has 0 unspecified atom stereocenters. The van der Waals surface area contributed by atoms with Crippen LogP contribution in [0.15, 0.2) is 48.5 Å². The molecule has 10 heteroatoms. The Labute approximate surface area is 227 Å². The average Bonchev–Trinajstić information content (AvgIpc) is 3.28. The van der Waals surface area contributed by atoms with Crippen LogP contribution in [-0.4, -0.2) is 62.8 Å². The fourth-order valence-electron chi connectivity index (χ4n) is 4.62. The van der Waals surface area contributed by atoms with E-state index in [4.69, 9.17) is 14.9 Å². The largest absolute Gasteiger partial charge is 0.497 e. The van der Waals surface area contributed by atoms with E-state index < -0.39 is 30.4 Å². The van der Waals surface area contributed by atoms with Gasteiger partial charge >= 0.3 is 5.97 Å². The highest BCUT2D eigenvalue weighted by atomic mass is 19.1. The van der Waals surface area contributed by atoms with Crippen LogP contribution in [0.1, 0.15) is 67.7 Å². The summed E-state index contributed by atoms with van der Waals surface area (Å²) in [7, 11) is 1.57. The molecule has 0 fully saturated rings. The monoisotopic (exact) mass is 541 g/mol. The number of aliphatic hydroxyl groups is 2. The summed E-state index contributed by atoms with van der Waals surface area (Å²) in [5, 5.41) is 34.1. The molecule has 210 valence electrons. The van der Waals surface area contributed by atoms with Gasteiger partial charge in [0, 0.05) is 23.5 Å². The molecular formula is C29H36FN3O6. The van der Waals surface area contributed by atoms with Crippen molar-refractivity contribution in [2.75, 3.05) is 18.6 Å². The molecule has 0 aliphatic heterocycles. The Morgan fingerprint density at radius 2 is 1.69 bits per heavy atom. The van der Waals surface area contributed by atoms with Crippen molar-refractivity contribution in [1.82, 2.24) is 9.78 Å². The number of aromatic nitrogens is 2. The second kappa shape index (κ2) is 13.3. The molecule has 39 heavy (non-hydrogen) atoms. The summed E-state index contributed by atoms with van der Waals surface area (Å²) >= 11 is 0. The summed E-state index contributed by atoms with van der Waals surface area (Å²) in [6.07, 6.45) is -2.21. The Hall–Kier alpha value is -3.76. The van der Waals surface area contributed by atoms with Crippen molar-refractivity contribution in [2.45, 2.75) is 64.6 Å². The Balaban J connectivity index is 2.02. The first-order valence-corrected chi connectivity index (χ1v) is 13.0. The van der Waals surface area contributed by atoms with Crippen molar-refractivity contribution >= 4 is 17.6 Å². The van der Waals surface area contributed by atoms with E-state index in [0.29, 0.717) is 41.3 Å². The van der Waals surface area contributed by atoms with Gasteiger partial charge in [0.25, 0.3) is 5.91 Å². The van der Waals surface area contributed by atoms with E-state index in [9.17, 15) is 24.2 Å². The molecule has 2 atom stereocenters. The van der Waals surface area contributed by atoms with Crippen LogP contribution in [0.4, 0.5) is 10.1 Å². The molecule has 0 saturated heterocycles. The minimum Gasteiger partial charge on any atom is -0.497 e. The zero-order chi connectivity index (χ0) is 28.7. The number of benzene rings is 2. The number of hydrogen-bond acceptors (Lipinski definition) is 6. The zero-order valence-corrected chi connectivity index (χ0v) is 22.7. The van der Waals surface area contributed by atoms with Gasteiger partial charge in [-0.15, -0.1) is 0 Å². The van der Waals surface area contributed by atoms with Gasteiger partial charge in [0.05, 0.1) is 31.4 Å². The number of ether oxygens (including phenoxy) is 1. The number of aliphatic hydroxyl groups excluding tert-OH is 2. The molecule has 0 aliphatic carbocycles. The summed E-state index contributed by atoms with van der Waals surface area (Å²) in [6, 6.07) is 12.9. The molecule has 0 spiro atoms. The van der Waals surface area contributed by atoms with Gasteiger partial charge in [-0.2, -0.15) is 5.10 Å². The third-order valence-corrected chi connectivity index (χ3v) is 6.49. The number of methoxy groups -OCH3 is 1. The number of hydrogen-bond donors (Lipinski definition) is 3. The Morgan fingerprint density at radius 3 is 2.23 bits per heavy atom. The van der Waals surface area contributed by atoms with Crippen molar-refractivity contribution in [3.05, 3.63) is 71.3 Å². The lowest BCUT2D eigenvalue weighted by Crippen LogP contribution is -2.31. The lowest BCUT2D eigenvalue weighted by Gasteiger charge is -2.21. The molecule has 1 heterocycles. The highest BCUT2D eigenvalue weighted by Crippen LogP contribution is 2.30. The first-order valence-electron chi connectivity index (χ1n) is 13.0. The Morgan fingerprint density at radius 1 is 1.05 bits per heavy atom. The molecule has 9 nitrogen and oxygen atoms in total. The van der Waals surface area contributed by atoms with Crippen LogP contribution in [-0.2, 0) is 11.2 Å². The van der Waals surface area contributed by atoms with Crippen molar-refractivity contribution in [2.24, 2.45) is 0 Å². The number of halogens is 1. The number of carbonyl (C=O) groups excluding carboxylic acids is 1. The van der Waals surface area contributed by atoms with E-state index in [0.717, 1.165) is 0 Å². The molecule has 0 bridgehead atoms. The van der Waals surface area contributed by atoms with Gasteiger partial charge < -0.3 is 25.0 Å². The molecular weight excluding hydrogens is 505 g/mol. The minimum absolute atomic E-state index is 0.0964.